The molecule has 0 saturated carbocycles. The Morgan fingerprint density at radius 2 is 1.93 bits per heavy atom. The molecule has 0 radical (unpaired) electrons. The fraction of sp³-hybridized carbons (Fsp3) is 0.500. The predicted octanol–water partition coefficient (Wildman–Crippen LogP) is 1.74. The molecule has 0 fully saturated rings. The lowest BCUT2D eigenvalue weighted by molar-refractivity contribution is 0.301. The molecule has 0 aliphatic heterocycles. The summed E-state index contributed by atoms with van der Waals surface area (Å²) in [7, 11) is 0. The van der Waals surface area contributed by atoms with Crippen LogP contribution in [0.2, 0.25) is 0 Å². The van der Waals surface area contributed by atoms with Gasteiger partial charge in [0.15, 0.2) is 0 Å². The van der Waals surface area contributed by atoms with Crippen LogP contribution >= 0.6 is 25.3 Å². The number of hydrogen-bond acceptors (Lipinski definition) is 4. The van der Waals surface area contributed by atoms with Crippen molar-refractivity contribution >= 4 is 25.3 Å². The molecule has 0 unspecified atom stereocenters. The average molecular weight is 228 g/mol. The van der Waals surface area contributed by atoms with Crippen molar-refractivity contribution in [3.8, 4) is 0 Å². The van der Waals surface area contributed by atoms with Crippen molar-refractivity contribution in [1.82, 2.24) is 9.88 Å². The number of nitrogens with zero attached hydrogens (tertiary/aromatic N) is 2. The first-order valence-electron chi connectivity index (χ1n) is 4.70. The Bertz CT molecular complexity index is 235. The van der Waals surface area contributed by atoms with E-state index in [1.54, 1.807) is 6.20 Å². The zero-order valence-electron chi connectivity index (χ0n) is 8.13. The monoisotopic (exact) mass is 228 g/mol. The third-order valence-corrected chi connectivity index (χ3v) is 2.36. The molecule has 1 rings (SSSR count). The summed E-state index contributed by atoms with van der Waals surface area (Å²) in [6.07, 6.45) is 3.70. The van der Waals surface area contributed by atoms with E-state index in [0.29, 0.717) is 0 Å². The number of aromatic nitrogens is 1. The normalized spacial score (nSPS) is 10.8. The van der Waals surface area contributed by atoms with Gasteiger partial charge in [-0.15, -0.1) is 0 Å². The molecule has 2 nitrogen and oxygen atoms in total. The van der Waals surface area contributed by atoms with Crippen LogP contribution in [0.1, 0.15) is 5.56 Å². The first-order valence-corrected chi connectivity index (χ1v) is 5.96. The quantitative estimate of drug-likeness (QED) is 0.722. The zero-order chi connectivity index (χ0) is 10.2. The van der Waals surface area contributed by atoms with Crippen molar-refractivity contribution in [2.75, 3.05) is 24.6 Å². The van der Waals surface area contributed by atoms with Crippen LogP contribution in [0.5, 0.6) is 0 Å². The third kappa shape index (κ3) is 4.35. The molecule has 0 saturated heterocycles. The molecule has 0 bridgehead atoms. The minimum atomic E-state index is 0.883. The highest BCUT2D eigenvalue weighted by molar-refractivity contribution is 7.80. The molecular formula is C10H16N2S2. The smallest absolute Gasteiger partial charge is 0.0312 e. The van der Waals surface area contributed by atoms with Gasteiger partial charge in [-0.3, -0.25) is 9.88 Å². The summed E-state index contributed by atoms with van der Waals surface area (Å²) >= 11 is 8.47. The summed E-state index contributed by atoms with van der Waals surface area (Å²) < 4.78 is 0. The highest BCUT2D eigenvalue weighted by Gasteiger charge is 2.03. The Hall–Kier alpha value is -0.190. The van der Waals surface area contributed by atoms with Gasteiger partial charge in [-0.1, -0.05) is 6.07 Å². The van der Waals surface area contributed by atoms with Gasteiger partial charge < -0.3 is 0 Å². The van der Waals surface area contributed by atoms with Crippen molar-refractivity contribution in [2.24, 2.45) is 0 Å². The Kier molecular flexibility index (Phi) is 6.07. The molecule has 78 valence electrons. The van der Waals surface area contributed by atoms with Crippen molar-refractivity contribution in [3.05, 3.63) is 30.1 Å². The molecule has 0 spiro atoms. The van der Waals surface area contributed by atoms with Crippen molar-refractivity contribution in [3.63, 3.8) is 0 Å². The van der Waals surface area contributed by atoms with E-state index >= 15 is 0 Å². The molecule has 0 N–H and O–H groups in total. The SMILES string of the molecule is SCCN(CCS)Cc1cccnc1. The van der Waals surface area contributed by atoms with E-state index in [1.807, 2.05) is 12.3 Å². The van der Waals surface area contributed by atoms with Gasteiger partial charge in [-0.2, -0.15) is 25.3 Å². The van der Waals surface area contributed by atoms with Gasteiger partial charge in [-0.25, -0.2) is 0 Å². The van der Waals surface area contributed by atoms with E-state index in [-0.39, 0.29) is 0 Å². The Balaban J connectivity index is 2.46. The maximum absolute atomic E-state index is 4.24. The second-order valence-electron chi connectivity index (χ2n) is 3.08. The predicted molar refractivity (Wildman–Crippen MR) is 67.2 cm³/mol. The molecule has 0 amide bonds. The fourth-order valence-corrected chi connectivity index (χ4v) is 1.87. The van der Waals surface area contributed by atoms with Gasteiger partial charge in [0.1, 0.15) is 0 Å². The van der Waals surface area contributed by atoms with Gasteiger partial charge in [0, 0.05) is 43.5 Å². The lowest BCUT2D eigenvalue weighted by Crippen LogP contribution is -2.27. The highest BCUT2D eigenvalue weighted by Crippen LogP contribution is 2.02. The van der Waals surface area contributed by atoms with Crippen LogP contribution in [0.25, 0.3) is 0 Å². The third-order valence-electron chi connectivity index (χ3n) is 1.96. The summed E-state index contributed by atoms with van der Waals surface area (Å²) in [5.74, 6) is 1.77. The number of hydrogen-bond donors (Lipinski definition) is 2. The van der Waals surface area contributed by atoms with Gasteiger partial charge >= 0.3 is 0 Å². The largest absolute Gasteiger partial charge is 0.297 e. The zero-order valence-corrected chi connectivity index (χ0v) is 9.92. The number of rotatable bonds is 6. The summed E-state index contributed by atoms with van der Waals surface area (Å²) in [5.41, 5.74) is 1.25. The van der Waals surface area contributed by atoms with Gasteiger partial charge in [0.25, 0.3) is 0 Å². The van der Waals surface area contributed by atoms with Crippen molar-refractivity contribution in [2.45, 2.75) is 6.54 Å². The second kappa shape index (κ2) is 7.15. The van der Waals surface area contributed by atoms with E-state index in [0.717, 1.165) is 31.1 Å². The van der Waals surface area contributed by atoms with Crippen LogP contribution in [0, 0.1) is 0 Å². The molecule has 1 heterocycles. The first kappa shape index (κ1) is 11.9. The maximum Gasteiger partial charge on any atom is 0.0312 e. The van der Waals surface area contributed by atoms with E-state index in [2.05, 4.69) is 41.2 Å². The minimum Gasteiger partial charge on any atom is -0.297 e. The van der Waals surface area contributed by atoms with E-state index in [1.165, 1.54) is 5.56 Å². The van der Waals surface area contributed by atoms with Crippen LogP contribution < -0.4 is 0 Å². The van der Waals surface area contributed by atoms with Crippen LogP contribution in [-0.2, 0) is 6.54 Å². The summed E-state index contributed by atoms with van der Waals surface area (Å²) in [6, 6.07) is 4.06. The molecular weight excluding hydrogens is 212 g/mol. The second-order valence-corrected chi connectivity index (χ2v) is 3.98. The molecule has 14 heavy (non-hydrogen) atoms. The number of pyridine rings is 1. The van der Waals surface area contributed by atoms with E-state index in [4.69, 9.17) is 0 Å². The lowest BCUT2D eigenvalue weighted by atomic mass is 10.2. The summed E-state index contributed by atoms with van der Waals surface area (Å²) in [4.78, 5) is 6.42. The van der Waals surface area contributed by atoms with Crippen LogP contribution in [0.4, 0.5) is 0 Å². The van der Waals surface area contributed by atoms with E-state index < -0.39 is 0 Å². The topological polar surface area (TPSA) is 16.1 Å². The Morgan fingerprint density at radius 3 is 2.43 bits per heavy atom. The highest BCUT2D eigenvalue weighted by atomic mass is 32.1. The Labute approximate surface area is 96.5 Å². The molecule has 0 aromatic carbocycles. The summed E-state index contributed by atoms with van der Waals surface area (Å²) in [6.45, 7) is 2.94. The van der Waals surface area contributed by atoms with Gasteiger partial charge in [0.2, 0.25) is 0 Å². The molecule has 1 aromatic heterocycles. The lowest BCUT2D eigenvalue weighted by Gasteiger charge is -2.20. The van der Waals surface area contributed by atoms with Crippen molar-refractivity contribution < 1.29 is 0 Å². The van der Waals surface area contributed by atoms with Gasteiger partial charge in [0.05, 0.1) is 0 Å². The maximum atomic E-state index is 4.24. The van der Waals surface area contributed by atoms with Crippen LogP contribution in [0.15, 0.2) is 24.5 Å². The number of thiol groups is 2. The molecule has 0 aliphatic rings. The molecule has 0 aliphatic carbocycles. The van der Waals surface area contributed by atoms with Crippen LogP contribution in [-0.4, -0.2) is 34.5 Å². The standard InChI is InChI=1S/C10H16N2S2/c13-6-4-12(5-7-14)9-10-2-1-3-11-8-10/h1-3,8,13-14H,4-7,9H2. The fourth-order valence-electron chi connectivity index (χ4n) is 1.30. The van der Waals surface area contributed by atoms with Crippen LogP contribution in [0.3, 0.4) is 0 Å². The minimum absolute atomic E-state index is 0.883. The first-order chi connectivity index (χ1) is 6.86. The molecule has 0 atom stereocenters. The Morgan fingerprint density at radius 1 is 1.21 bits per heavy atom. The average Bonchev–Trinajstić information content (AvgIpc) is 2.20. The summed E-state index contributed by atoms with van der Waals surface area (Å²) in [5, 5.41) is 0. The molecule has 4 heteroatoms. The van der Waals surface area contributed by atoms with Gasteiger partial charge in [-0.05, 0) is 11.6 Å². The molecule has 1 aromatic rings. The van der Waals surface area contributed by atoms with E-state index in [9.17, 15) is 0 Å². The van der Waals surface area contributed by atoms with Crippen molar-refractivity contribution in [1.29, 1.82) is 0 Å².